The maximum Gasteiger partial charge on any atom is 0.411 e. The fourth-order valence-corrected chi connectivity index (χ4v) is 2.44. The Hall–Kier alpha value is -3.64. The van der Waals surface area contributed by atoms with Crippen LogP contribution in [0.5, 0.6) is 0 Å². The molecule has 0 saturated heterocycles. The molecule has 29 heavy (non-hydrogen) atoms. The van der Waals surface area contributed by atoms with Gasteiger partial charge in [0.25, 0.3) is 0 Å². The van der Waals surface area contributed by atoms with Crippen molar-refractivity contribution in [1.29, 1.82) is 0 Å². The minimum absolute atomic E-state index is 0.241. The lowest BCUT2D eigenvalue weighted by Gasteiger charge is -2.08. The first-order valence-corrected chi connectivity index (χ1v) is 9.15. The van der Waals surface area contributed by atoms with Gasteiger partial charge in [0.1, 0.15) is 0 Å². The zero-order chi connectivity index (χ0) is 20.9. The molecule has 0 heterocycles. The minimum atomic E-state index is -0.531. The molecular formula is C21H23N3O5. The van der Waals surface area contributed by atoms with Gasteiger partial charge in [0.2, 0.25) is 6.08 Å². The van der Waals surface area contributed by atoms with Crippen LogP contribution in [-0.2, 0) is 20.7 Å². The monoisotopic (exact) mass is 397 g/mol. The summed E-state index contributed by atoms with van der Waals surface area (Å²) in [5, 5.41) is 5.02. The highest BCUT2D eigenvalue weighted by atomic mass is 16.6. The van der Waals surface area contributed by atoms with Crippen LogP contribution in [0.3, 0.4) is 0 Å². The Morgan fingerprint density at radius 2 is 1.45 bits per heavy atom. The Morgan fingerprint density at radius 1 is 0.897 bits per heavy atom. The van der Waals surface area contributed by atoms with E-state index in [0.717, 1.165) is 11.1 Å². The summed E-state index contributed by atoms with van der Waals surface area (Å²) in [6, 6.07) is 14.8. The van der Waals surface area contributed by atoms with Crippen LogP contribution in [-0.4, -0.2) is 38.5 Å². The van der Waals surface area contributed by atoms with Gasteiger partial charge in [-0.3, -0.25) is 5.32 Å². The van der Waals surface area contributed by atoms with Crippen LogP contribution < -0.4 is 10.6 Å². The third-order valence-corrected chi connectivity index (χ3v) is 3.93. The summed E-state index contributed by atoms with van der Waals surface area (Å²) in [4.78, 5) is 36.5. The molecule has 0 aliphatic carbocycles. The molecule has 2 aromatic carbocycles. The number of hydrogen-bond acceptors (Lipinski definition) is 6. The summed E-state index contributed by atoms with van der Waals surface area (Å²) in [7, 11) is 1.49. The normalized spacial score (nSPS) is 9.83. The molecule has 2 rings (SSSR count). The molecule has 0 atom stereocenters. The molecule has 0 aliphatic heterocycles. The number of nitrogens with zero attached hydrogens (tertiary/aromatic N) is 1. The van der Waals surface area contributed by atoms with Crippen molar-refractivity contribution >= 4 is 29.6 Å². The van der Waals surface area contributed by atoms with E-state index in [-0.39, 0.29) is 13.2 Å². The molecule has 2 N–H and O–H groups in total. The van der Waals surface area contributed by atoms with Gasteiger partial charge in [0.05, 0.1) is 18.9 Å². The molecule has 0 bridgehead atoms. The number of ether oxygens (including phenoxy) is 2. The smallest absolute Gasteiger partial charge is 0.411 e. The van der Waals surface area contributed by atoms with Crippen LogP contribution in [0.15, 0.2) is 53.5 Å². The number of nitrogens with one attached hydrogen (secondary N) is 2. The molecule has 0 saturated carbocycles. The fourth-order valence-electron chi connectivity index (χ4n) is 2.44. The van der Waals surface area contributed by atoms with E-state index in [4.69, 9.17) is 9.47 Å². The third kappa shape index (κ3) is 8.28. The molecule has 0 radical (unpaired) electrons. The summed E-state index contributed by atoms with van der Waals surface area (Å²) in [5.41, 5.74) is 3.36. The van der Waals surface area contributed by atoms with E-state index in [1.165, 1.54) is 13.1 Å². The summed E-state index contributed by atoms with van der Waals surface area (Å²) >= 11 is 0. The minimum Gasteiger partial charge on any atom is -0.450 e. The van der Waals surface area contributed by atoms with Crippen LogP contribution >= 0.6 is 0 Å². The van der Waals surface area contributed by atoms with Crippen LogP contribution in [0.4, 0.5) is 21.0 Å². The number of alkyl carbamates (subject to hydrolysis) is 1. The van der Waals surface area contributed by atoms with Gasteiger partial charge in [0.15, 0.2) is 0 Å². The first-order chi connectivity index (χ1) is 14.1. The van der Waals surface area contributed by atoms with Gasteiger partial charge in [-0.15, -0.1) is 0 Å². The van der Waals surface area contributed by atoms with Crippen LogP contribution in [0.25, 0.3) is 0 Å². The average molecular weight is 397 g/mol. The number of aliphatic imine (C=N–C) groups is 1. The molecule has 152 valence electrons. The van der Waals surface area contributed by atoms with E-state index >= 15 is 0 Å². The van der Waals surface area contributed by atoms with Gasteiger partial charge >= 0.3 is 12.2 Å². The molecule has 8 heteroatoms. The number of rotatable bonds is 9. The van der Waals surface area contributed by atoms with E-state index < -0.39 is 12.2 Å². The fraction of sp³-hybridized carbons (Fsp3) is 0.286. The van der Waals surface area contributed by atoms with Gasteiger partial charge < -0.3 is 14.8 Å². The van der Waals surface area contributed by atoms with Crippen LogP contribution in [0, 0.1) is 0 Å². The van der Waals surface area contributed by atoms with Crippen molar-refractivity contribution in [3.05, 3.63) is 59.7 Å². The Bertz CT molecular complexity index is 844. The van der Waals surface area contributed by atoms with Crippen molar-refractivity contribution in [2.75, 3.05) is 25.6 Å². The van der Waals surface area contributed by atoms with Gasteiger partial charge in [-0.1, -0.05) is 24.3 Å². The second kappa shape index (κ2) is 11.9. The molecule has 0 fully saturated rings. The highest BCUT2D eigenvalue weighted by molar-refractivity contribution is 5.84. The zero-order valence-electron chi connectivity index (χ0n) is 16.1. The lowest BCUT2D eigenvalue weighted by atomic mass is 10.0. The van der Waals surface area contributed by atoms with Gasteiger partial charge in [-0.25, -0.2) is 14.4 Å². The quantitative estimate of drug-likeness (QED) is 0.379. The predicted octanol–water partition coefficient (Wildman–Crippen LogP) is 3.93. The summed E-state index contributed by atoms with van der Waals surface area (Å²) in [5.74, 6) is 0. The molecule has 0 aliphatic rings. The van der Waals surface area contributed by atoms with Gasteiger partial charge in [-0.2, -0.15) is 4.99 Å². The van der Waals surface area contributed by atoms with Crippen molar-refractivity contribution < 1.29 is 23.9 Å². The molecule has 2 aromatic rings. The van der Waals surface area contributed by atoms with E-state index in [0.29, 0.717) is 30.6 Å². The largest absolute Gasteiger partial charge is 0.450 e. The number of benzene rings is 2. The topological polar surface area (TPSA) is 106 Å². The SMILES string of the molecule is CNC(=O)OCCCCOC(=O)Nc1ccc(Cc2ccc(N=C=O)cc2)cc1. The van der Waals surface area contributed by atoms with Crippen molar-refractivity contribution in [1.82, 2.24) is 5.32 Å². The molecule has 0 aromatic heterocycles. The molecule has 8 nitrogen and oxygen atoms in total. The van der Waals surface area contributed by atoms with E-state index in [1.807, 2.05) is 24.3 Å². The third-order valence-electron chi connectivity index (χ3n) is 3.93. The maximum absolute atomic E-state index is 11.8. The molecular weight excluding hydrogens is 374 g/mol. The first kappa shape index (κ1) is 21.7. The summed E-state index contributed by atoms with van der Waals surface area (Å²) in [6.45, 7) is 0.518. The van der Waals surface area contributed by atoms with E-state index in [1.54, 1.807) is 24.3 Å². The number of unbranched alkanes of at least 4 members (excludes halogenated alkanes) is 1. The van der Waals surface area contributed by atoms with Gasteiger partial charge in [0, 0.05) is 12.7 Å². The van der Waals surface area contributed by atoms with Crippen molar-refractivity contribution in [2.45, 2.75) is 19.3 Å². The molecule has 0 spiro atoms. The second-order valence-electron chi connectivity index (χ2n) is 6.10. The average Bonchev–Trinajstić information content (AvgIpc) is 2.73. The number of anilines is 1. The summed E-state index contributed by atoms with van der Waals surface area (Å²) in [6.07, 6.45) is 2.43. The Balaban J connectivity index is 1.70. The zero-order valence-corrected chi connectivity index (χ0v) is 16.1. The highest BCUT2D eigenvalue weighted by Crippen LogP contribution is 2.17. The first-order valence-electron chi connectivity index (χ1n) is 9.15. The Kier molecular flexibility index (Phi) is 8.92. The lowest BCUT2D eigenvalue weighted by molar-refractivity contribution is 0.135. The molecule has 0 unspecified atom stereocenters. The Morgan fingerprint density at radius 3 is 2.00 bits per heavy atom. The van der Waals surface area contributed by atoms with Crippen LogP contribution in [0.1, 0.15) is 24.0 Å². The van der Waals surface area contributed by atoms with Crippen molar-refractivity contribution in [3.8, 4) is 0 Å². The van der Waals surface area contributed by atoms with E-state index in [9.17, 15) is 14.4 Å². The number of amides is 2. The number of carbonyl (C=O) groups is 2. The van der Waals surface area contributed by atoms with E-state index in [2.05, 4.69) is 15.6 Å². The number of carbonyl (C=O) groups excluding carboxylic acids is 3. The number of isocyanates is 1. The van der Waals surface area contributed by atoms with Gasteiger partial charge in [-0.05, 0) is 54.7 Å². The number of hydrogen-bond donors (Lipinski definition) is 2. The maximum atomic E-state index is 11.8. The molecule has 2 amide bonds. The van der Waals surface area contributed by atoms with Crippen LogP contribution in [0.2, 0.25) is 0 Å². The van der Waals surface area contributed by atoms with Crippen molar-refractivity contribution in [2.24, 2.45) is 4.99 Å². The standard InChI is InChI=1S/C21H23N3O5/c1-22-20(26)28-12-2-3-13-29-21(27)24-19-10-6-17(7-11-19)14-16-4-8-18(9-5-16)23-15-25/h4-11H,2-3,12-14H2,1H3,(H,22,26)(H,24,27). The van der Waals surface area contributed by atoms with Crippen molar-refractivity contribution in [3.63, 3.8) is 0 Å². The Labute approximate surface area is 168 Å². The second-order valence-corrected chi connectivity index (χ2v) is 6.10. The summed E-state index contributed by atoms with van der Waals surface area (Å²) < 4.78 is 9.93. The highest BCUT2D eigenvalue weighted by Gasteiger charge is 2.04. The lowest BCUT2D eigenvalue weighted by Crippen LogP contribution is -2.20. The predicted molar refractivity (Wildman–Crippen MR) is 108 cm³/mol.